The van der Waals surface area contributed by atoms with Crippen LogP contribution in [-0.2, 0) is 6.54 Å². The van der Waals surface area contributed by atoms with Crippen LogP contribution in [-0.4, -0.2) is 34.0 Å². The van der Waals surface area contributed by atoms with Crippen LogP contribution in [0.4, 0.5) is 5.13 Å². The molecule has 6 nitrogen and oxygen atoms in total. The fourth-order valence-electron chi connectivity index (χ4n) is 2.73. The highest BCUT2D eigenvalue weighted by Gasteiger charge is 2.18. The van der Waals surface area contributed by atoms with Gasteiger partial charge in [-0.1, -0.05) is 12.1 Å². The molecule has 0 spiro atoms. The van der Waals surface area contributed by atoms with Crippen LogP contribution < -0.4 is 5.32 Å². The zero-order chi connectivity index (χ0) is 15.5. The summed E-state index contributed by atoms with van der Waals surface area (Å²) in [5.74, 6) is 0.647. The number of amides is 1. The average molecular weight is 320 g/mol. The molecule has 22 heavy (non-hydrogen) atoms. The normalized spacial score (nSPS) is 19.3. The van der Waals surface area contributed by atoms with Gasteiger partial charge in [-0.05, 0) is 32.2 Å². The summed E-state index contributed by atoms with van der Waals surface area (Å²) in [6, 6.07) is 1.61. The lowest BCUT2D eigenvalue weighted by Gasteiger charge is -2.30. The summed E-state index contributed by atoms with van der Waals surface area (Å²) in [4.78, 5) is 18.9. The molecule has 2 aromatic rings. The Balaban J connectivity index is 1.58. The van der Waals surface area contributed by atoms with Gasteiger partial charge in [-0.3, -0.25) is 15.0 Å². The Labute approximate surface area is 133 Å². The lowest BCUT2D eigenvalue weighted by Crippen LogP contribution is -2.33. The highest BCUT2D eigenvalue weighted by atomic mass is 32.1. The third-order valence-corrected chi connectivity index (χ3v) is 4.56. The van der Waals surface area contributed by atoms with Crippen LogP contribution in [0.1, 0.15) is 41.7 Å². The number of nitrogens with zero attached hydrogens (tertiary/aromatic N) is 3. The second kappa shape index (κ2) is 6.58. The fourth-order valence-corrected chi connectivity index (χ4v) is 3.42. The Hall–Kier alpha value is -1.73. The van der Waals surface area contributed by atoms with E-state index in [2.05, 4.69) is 27.3 Å². The molecule has 3 rings (SSSR count). The molecule has 0 saturated carbocycles. The molecule has 1 N–H and O–H groups in total. The smallest absolute Gasteiger partial charge is 0.296 e. The highest BCUT2D eigenvalue weighted by molar-refractivity contribution is 7.13. The number of hydrogen-bond acceptors (Lipinski definition) is 6. The molecule has 0 bridgehead atoms. The third kappa shape index (κ3) is 3.72. The predicted molar refractivity (Wildman–Crippen MR) is 85.0 cm³/mol. The lowest BCUT2D eigenvalue weighted by molar-refractivity contribution is 0.0988. The van der Waals surface area contributed by atoms with Crippen molar-refractivity contribution in [1.82, 2.24) is 15.0 Å². The van der Waals surface area contributed by atoms with Crippen molar-refractivity contribution >= 4 is 22.4 Å². The molecule has 7 heteroatoms. The van der Waals surface area contributed by atoms with Crippen molar-refractivity contribution < 1.29 is 9.32 Å². The number of likely N-dealkylation sites (tertiary alicyclic amines) is 1. The van der Waals surface area contributed by atoms with Crippen molar-refractivity contribution in [3.05, 3.63) is 28.6 Å². The Kier molecular flexibility index (Phi) is 4.54. The van der Waals surface area contributed by atoms with Gasteiger partial charge in [0.1, 0.15) is 0 Å². The Morgan fingerprint density at radius 3 is 3.18 bits per heavy atom. The largest absolute Gasteiger partial charge is 0.351 e. The van der Waals surface area contributed by atoms with E-state index in [0.717, 1.165) is 31.2 Å². The molecule has 1 aliphatic rings. The van der Waals surface area contributed by atoms with Gasteiger partial charge in [-0.15, -0.1) is 11.3 Å². The minimum atomic E-state index is -0.312. The maximum absolute atomic E-state index is 12.0. The van der Waals surface area contributed by atoms with E-state index in [-0.39, 0.29) is 11.7 Å². The van der Waals surface area contributed by atoms with E-state index in [1.54, 1.807) is 13.0 Å². The minimum Gasteiger partial charge on any atom is -0.351 e. The molecule has 0 aliphatic carbocycles. The molecule has 1 aliphatic heterocycles. The maximum atomic E-state index is 12.0. The summed E-state index contributed by atoms with van der Waals surface area (Å²) in [5, 5.41) is 9.06. The molecule has 1 atom stereocenters. The Bertz CT molecular complexity index is 652. The average Bonchev–Trinajstić information content (AvgIpc) is 3.08. The molecule has 118 valence electrons. The van der Waals surface area contributed by atoms with E-state index < -0.39 is 0 Å². The quantitative estimate of drug-likeness (QED) is 0.938. The summed E-state index contributed by atoms with van der Waals surface area (Å²) in [7, 11) is 0. The number of carbonyl (C=O) groups excluding carboxylic acids is 1. The summed E-state index contributed by atoms with van der Waals surface area (Å²) in [6.07, 6.45) is 2.56. The summed E-state index contributed by atoms with van der Waals surface area (Å²) in [6.45, 7) is 7.16. The summed E-state index contributed by atoms with van der Waals surface area (Å²) in [5.41, 5.74) is 1.69. The molecule has 1 fully saturated rings. The first kappa shape index (κ1) is 15.2. The number of anilines is 1. The van der Waals surface area contributed by atoms with Crippen LogP contribution in [0, 0.1) is 12.8 Å². The monoisotopic (exact) mass is 320 g/mol. The van der Waals surface area contributed by atoms with E-state index in [9.17, 15) is 4.79 Å². The number of nitrogens with one attached hydrogen (secondary N) is 1. The van der Waals surface area contributed by atoms with Gasteiger partial charge in [0.05, 0.1) is 11.4 Å². The number of aryl methyl sites for hydroxylation is 1. The van der Waals surface area contributed by atoms with Gasteiger partial charge in [-0.2, -0.15) is 0 Å². The van der Waals surface area contributed by atoms with E-state index in [0.29, 0.717) is 10.8 Å². The SMILES string of the molecule is Cc1cc(C(=O)Nc2nc(CN3CCCC(C)C3)cs2)on1. The number of carbonyl (C=O) groups is 1. The molecule has 0 aromatic carbocycles. The van der Waals surface area contributed by atoms with Crippen molar-refractivity contribution in [3.8, 4) is 0 Å². The second-order valence-corrected chi connectivity index (χ2v) is 6.77. The third-order valence-electron chi connectivity index (χ3n) is 3.75. The maximum Gasteiger partial charge on any atom is 0.296 e. The van der Waals surface area contributed by atoms with Crippen LogP contribution in [0.15, 0.2) is 16.0 Å². The lowest BCUT2D eigenvalue weighted by atomic mass is 10.0. The number of piperidine rings is 1. The zero-order valence-electron chi connectivity index (χ0n) is 12.8. The number of thiazole rings is 1. The molecular weight excluding hydrogens is 300 g/mol. The van der Waals surface area contributed by atoms with Crippen molar-refractivity contribution in [2.75, 3.05) is 18.4 Å². The van der Waals surface area contributed by atoms with Crippen molar-refractivity contribution in [2.45, 2.75) is 33.2 Å². The Morgan fingerprint density at radius 1 is 1.59 bits per heavy atom. The minimum absolute atomic E-state index is 0.208. The van der Waals surface area contributed by atoms with Crippen LogP contribution in [0.25, 0.3) is 0 Å². The van der Waals surface area contributed by atoms with Crippen LogP contribution >= 0.6 is 11.3 Å². The molecule has 3 heterocycles. The first-order valence-corrected chi connectivity index (χ1v) is 8.39. The first-order valence-electron chi connectivity index (χ1n) is 7.51. The highest BCUT2D eigenvalue weighted by Crippen LogP contribution is 2.21. The van der Waals surface area contributed by atoms with Crippen LogP contribution in [0.2, 0.25) is 0 Å². The van der Waals surface area contributed by atoms with Crippen molar-refractivity contribution in [1.29, 1.82) is 0 Å². The molecular formula is C15H20N4O2S. The molecule has 1 amide bonds. The topological polar surface area (TPSA) is 71.3 Å². The molecule has 0 radical (unpaired) electrons. The number of hydrogen-bond donors (Lipinski definition) is 1. The van der Waals surface area contributed by atoms with E-state index in [1.807, 2.05) is 5.38 Å². The standard InChI is InChI=1S/C15H20N4O2S/c1-10-4-3-5-19(7-10)8-12-9-22-15(16-12)17-14(20)13-6-11(2)18-21-13/h6,9-10H,3-5,7-8H2,1-2H3,(H,16,17,20). The van der Waals surface area contributed by atoms with E-state index in [1.165, 1.54) is 24.2 Å². The van der Waals surface area contributed by atoms with Gasteiger partial charge in [0.15, 0.2) is 5.13 Å². The zero-order valence-corrected chi connectivity index (χ0v) is 13.7. The van der Waals surface area contributed by atoms with Gasteiger partial charge in [0.25, 0.3) is 5.91 Å². The fraction of sp³-hybridized carbons (Fsp3) is 0.533. The van der Waals surface area contributed by atoms with E-state index in [4.69, 9.17) is 4.52 Å². The van der Waals surface area contributed by atoms with Crippen LogP contribution in [0.3, 0.4) is 0 Å². The van der Waals surface area contributed by atoms with E-state index >= 15 is 0 Å². The number of rotatable bonds is 4. The second-order valence-electron chi connectivity index (χ2n) is 5.91. The Morgan fingerprint density at radius 2 is 2.45 bits per heavy atom. The van der Waals surface area contributed by atoms with Crippen LogP contribution in [0.5, 0.6) is 0 Å². The number of aromatic nitrogens is 2. The summed E-state index contributed by atoms with van der Waals surface area (Å²) >= 11 is 1.44. The van der Waals surface area contributed by atoms with Gasteiger partial charge in [0.2, 0.25) is 5.76 Å². The molecule has 2 aromatic heterocycles. The van der Waals surface area contributed by atoms with Gasteiger partial charge in [0, 0.05) is 24.5 Å². The molecule has 1 unspecified atom stereocenters. The van der Waals surface area contributed by atoms with Crippen molar-refractivity contribution in [2.24, 2.45) is 5.92 Å². The summed E-state index contributed by atoms with van der Waals surface area (Å²) < 4.78 is 4.94. The van der Waals surface area contributed by atoms with Crippen molar-refractivity contribution in [3.63, 3.8) is 0 Å². The van der Waals surface area contributed by atoms with Gasteiger partial charge < -0.3 is 4.52 Å². The predicted octanol–water partition coefficient (Wildman–Crippen LogP) is 2.92. The van der Waals surface area contributed by atoms with Gasteiger partial charge >= 0.3 is 0 Å². The molecule has 1 saturated heterocycles. The first-order chi connectivity index (χ1) is 10.6. The van der Waals surface area contributed by atoms with Gasteiger partial charge in [-0.25, -0.2) is 4.98 Å².